The van der Waals surface area contributed by atoms with Crippen molar-refractivity contribution < 1.29 is 4.74 Å². The van der Waals surface area contributed by atoms with Crippen molar-refractivity contribution in [3.8, 4) is 0 Å². The molecule has 1 aromatic carbocycles. The molecule has 30 heavy (non-hydrogen) atoms. The Morgan fingerprint density at radius 3 is 2.73 bits per heavy atom. The van der Waals surface area contributed by atoms with Gasteiger partial charge in [-0.25, -0.2) is 0 Å². The van der Waals surface area contributed by atoms with Gasteiger partial charge in [-0.1, -0.05) is 54.8 Å². The maximum atomic E-state index is 8.48. The van der Waals surface area contributed by atoms with Crippen molar-refractivity contribution in [3.63, 3.8) is 0 Å². The van der Waals surface area contributed by atoms with Crippen LogP contribution in [-0.4, -0.2) is 54.0 Å². The fraction of sp³-hybridized carbons (Fsp3) is 0.542. The van der Waals surface area contributed by atoms with E-state index in [-0.39, 0.29) is 5.84 Å². The fourth-order valence-electron chi connectivity index (χ4n) is 4.15. The number of amidine groups is 1. The second kappa shape index (κ2) is 11.3. The van der Waals surface area contributed by atoms with Crippen LogP contribution in [-0.2, 0) is 17.6 Å². The Bertz CT molecular complexity index is 793. The topological polar surface area (TPSA) is 39.6 Å². The van der Waals surface area contributed by atoms with Gasteiger partial charge in [0.15, 0.2) is 5.56 Å². The van der Waals surface area contributed by atoms with Crippen LogP contribution in [0.2, 0.25) is 5.02 Å². The van der Waals surface area contributed by atoms with Gasteiger partial charge < -0.3 is 9.64 Å². The van der Waals surface area contributed by atoms with Gasteiger partial charge in [0, 0.05) is 23.8 Å². The first-order valence-corrected chi connectivity index (χ1v) is 11.8. The van der Waals surface area contributed by atoms with E-state index in [1.54, 1.807) is 0 Å². The highest BCUT2D eigenvalue weighted by Crippen LogP contribution is 2.25. The third-order valence-corrected chi connectivity index (χ3v) is 6.39. The quantitative estimate of drug-likeness (QED) is 0.301. The number of hydrogen-bond donors (Lipinski definition) is 1. The van der Waals surface area contributed by atoms with Gasteiger partial charge >= 0.3 is 0 Å². The van der Waals surface area contributed by atoms with Gasteiger partial charge in [-0.3, -0.25) is 10.3 Å². The number of hydrogen-bond acceptors (Lipinski definition) is 3. The molecule has 0 aliphatic carbocycles. The van der Waals surface area contributed by atoms with Crippen LogP contribution in [0, 0.1) is 5.41 Å². The number of rotatable bonds is 9. The molecule has 2 aliphatic rings. The van der Waals surface area contributed by atoms with Gasteiger partial charge in [0.25, 0.3) is 0 Å². The van der Waals surface area contributed by atoms with Crippen molar-refractivity contribution in [1.29, 1.82) is 5.41 Å². The van der Waals surface area contributed by atoms with Crippen molar-refractivity contribution in [2.75, 3.05) is 26.7 Å². The number of halogens is 2. The minimum atomic E-state index is -0.769. The number of ether oxygens (including phenoxy) is 1. The number of unbranched alkanes of at least 4 members (excludes halogenated alkanes) is 1. The van der Waals surface area contributed by atoms with Crippen molar-refractivity contribution >= 4 is 29.0 Å². The lowest BCUT2D eigenvalue weighted by Gasteiger charge is -2.29. The summed E-state index contributed by atoms with van der Waals surface area (Å²) in [5, 5.41) is 9.25. The highest BCUT2D eigenvalue weighted by atomic mass is 35.5. The third kappa shape index (κ3) is 6.34. The number of likely N-dealkylation sites (N-methyl/N-ethyl adjacent to an activating group) is 1. The lowest BCUT2D eigenvalue weighted by atomic mass is 10.0. The van der Waals surface area contributed by atoms with E-state index in [4.69, 9.17) is 33.3 Å². The normalized spacial score (nSPS) is 20.5. The molecule has 164 valence electrons. The molecule has 2 unspecified atom stereocenters. The monoisotopic (exact) mass is 449 g/mol. The van der Waals surface area contributed by atoms with E-state index in [1.807, 2.05) is 17.0 Å². The second-order valence-corrected chi connectivity index (χ2v) is 9.05. The second-order valence-electron chi connectivity index (χ2n) is 8.22. The molecule has 0 radical (unpaired) electrons. The van der Waals surface area contributed by atoms with E-state index in [1.165, 1.54) is 24.0 Å². The Balaban J connectivity index is 1.52. The largest absolute Gasteiger partial charge is 0.355 e. The summed E-state index contributed by atoms with van der Waals surface area (Å²) in [4.78, 5) is 4.26. The summed E-state index contributed by atoms with van der Waals surface area (Å²) in [6.45, 7) is 4.42. The standard InChI is InChI=1S/C24H33Cl2N3O/c1-3-4-7-18-14-19(16-21(25)15-18)10-13-30-23(26)24(27)29-12-5-8-20(17-29)22-9-6-11-28(22)2/h5,8,14-17,22-23,27H,3-4,6-7,9-13H2,1-2H3. The van der Waals surface area contributed by atoms with Crippen LogP contribution in [0.1, 0.15) is 43.7 Å². The van der Waals surface area contributed by atoms with E-state index in [9.17, 15) is 0 Å². The van der Waals surface area contributed by atoms with Crippen LogP contribution in [0.5, 0.6) is 0 Å². The number of alkyl halides is 1. The zero-order valence-corrected chi connectivity index (χ0v) is 19.6. The van der Waals surface area contributed by atoms with Crippen molar-refractivity contribution in [2.45, 2.75) is 57.1 Å². The lowest BCUT2D eigenvalue weighted by Crippen LogP contribution is -2.37. The Morgan fingerprint density at radius 2 is 2.03 bits per heavy atom. The van der Waals surface area contributed by atoms with Crippen LogP contribution < -0.4 is 0 Å². The zero-order valence-electron chi connectivity index (χ0n) is 18.0. The summed E-state index contributed by atoms with van der Waals surface area (Å²) < 4.78 is 5.80. The molecule has 1 fully saturated rings. The minimum Gasteiger partial charge on any atom is -0.355 e. The number of nitrogens with one attached hydrogen (secondary N) is 1. The van der Waals surface area contributed by atoms with Gasteiger partial charge in [0.2, 0.25) is 0 Å². The molecule has 4 nitrogen and oxygen atoms in total. The summed E-state index contributed by atoms with van der Waals surface area (Å²) in [7, 11) is 2.16. The molecular formula is C24H33Cl2N3O. The Kier molecular flexibility index (Phi) is 8.82. The maximum Gasteiger partial charge on any atom is 0.188 e. The third-order valence-electron chi connectivity index (χ3n) is 5.84. The highest BCUT2D eigenvalue weighted by Gasteiger charge is 2.26. The van der Waals surface area contributed by atoms with Crippen LogP contribution in [0.25, 0.3) is 0 Å². The first-order chi connectivity index (χ1) is 14.5. The molecule has 1 N–H and O–H groups in total. The number of aryl methyl sites for hydroxylation is 1. The summed E-state index contributed by atoms with van der Waals surface area (Å²) in [5.74, 6) is 0.286. The average Bonchev–Trinajstić information content (AvgIpc) is 3.17. The summed E-state index contributed by atoms with van der Waals surface area (Å²) >= 11 is 12.7. The molecule has 2 heterocycles. The molecule has 1 aromatic rings. The first-order valence-electron chi connectivity index (χ1n) is 11.0. The molecule has 0 amide bonds. The molecule has 3 rings (SSSR count). The molecule has 2 atom stereocenters. The van der Waals surface area contributed by atoms with Gasteiger partial charge in [-0.15, -0.1) is 0 Å². The Labute approximate surface area is 191 Å². The van der Waals surface area contributed by atoms with Crippen LogP contribution >= 0.6 is 23.2 Å². The molecule has 6 heteroatoms. The van der Waals surface area contributed by atoms with Gasteiger partial charge in [-0.2, -0.15) is 0 Å². The Hall–Kier alpha value is -1.33. The van der Waals surface area contributed by atoms with Crippen LogP contribution in [0.4, 0.5) is 0 Å². The average molecular weight is 450 g/mol. The van der Waals surface area contributed by atoms with Crippen molar-refractivity contribution in [3.05, 3.63) is 58.3 Å². The maximum absolute atomic E-state index is 8.48. The molecular weight excluding hydrogens is 417 g/mol. The van der Waals surface area contributed by atoms with E-state index in [0.29, 0.717) is 19.2 Å². The minimum absolute atomic E-state index is 0.286. The van der Waals surface area contributed by atoms with E-state index < -0.39 is 5.56 Å². The number of nitrogens with zero attached hydrogens (tertiary/aromatic N) is 2. The predicted molar refractivity (Wildman–Crippen MR) is 127 cm³/mol. The summed E-state index contributed by atoms with van der Waals surface area (Å²) in [5.41, 5.74) is 2.89. The fourth-order valence-corrected chi connectivity index (χ4v) is 4.65. The lowest BCUT2D eigenvalue weighted by molar-refractivity contribution is 0.142. The summed E-state index contributed by atoms with van der Waals surface area (Å²) in [6, 6.07) is 6.65. The molecule has 0 aromatic heterocycles. The van der Waals surface area contributed by atoms with Gasteiger partial charge in [-0.05, 0) is 74.5 Å². The van der Waals surface area contributed by atoms with Crippen molar-refractivity contribution in [2.24, 2.45) is 0 Å². The van der Waals surface area contributed by atoms with E-state index >= 15 is 0 Å². The zero-order chi connectivity index (χ0) is 21.5. The smallest absolute Gasteiger partial charge is 0.188 e. The SMILES string of the molecule is CCCCc1cc(Cl)cc(CCOC(Cl)C(=N)N2C=C(C3CCCN3C)C=CC2)c1. The molecule has 0 spiro atoms. The van der Waals surface area contributed by atoms with Crippen LogP contribution in [0.15, 0.2) is 42.1 Å². The molecule has 0 bridgehead atoms. The molecule has 1 saturated heterocycles. The molecule has 0 saturated carbocycles. The highest BCUT2D eigenvalue weighted by molar-refractivity contribution is 6.30. The first kappa shape index (κ1) is 23.3. The van der Waals surface area contributed by atoms with E-state index in [0.717, 1.165) is 42.8 Å². The summed E-state index contributed by atoms with van der Waals surface area (Å²) in [6.07, 6.45) is 12.8. The van der Waals surface area contributed by atoms with E-state index in [2.05, 4.69) is 43.3 Å². The van der Waals surface area contributed by atoms with Crippen LogP contribution in [0.3, 0.4) is 0 Å². The van der Waals surface area contributed by atoms with Gasteiger partial charge in [0.05, 0.1) is 6.61 Å². The van der Waals surface area contributed by atoms with Gasteiger partial charge in [0.1, 0.15) is 5.84 Å². The molecule has 2 aliphatic heterocycles. The number of likely N-dealkylation sites (tertiary alicyclic amines) is 1. The number of benzene rings is 1. The van der Waals surface area contributed by atoms with Crippen molar-refractivity contribution in [1.82, 2.24) is 9.80 Å². The predicted octanol–water partition coefficient (Wildman–Crippen LogP) is 5.63. The Morgan fingerprint density at radius 1 is 1.27 bits per heavy atom.